The number of benzene rings is 1. The summed E-state index contributed by atoms with van der Waals surface area (Å²) in [6.45, 7) is 5.98. The van der Waals surface area contributed by atoms with Crippen LogP contribution in [0.15, 0.2) is 29.2 Å². The first-order valence-corrected chi connectivity index (χ1v) is 8.01. The summed E-state index contributed by atoms with van der Waals surface area (Å²) in [5, 5.41) is 10.4. The number of amides is 1. The average molecular weight is 308 g/mol. The maximum absolute atomic E-state index is 12.5. The summed E-state index contributed by atoms with van der Waals surface area (Å²) in [4.78, 5) is 25.6. The lowest BCUT2D eigenvalue weighted by Crippen LogP contribution is -2.42. The van der Waals surface area contributed by atoms with E-state index >= 15 is 0 Å². The fraction of sp³-hybridized carbons (Fsp3) is 0.533. The molecule has 0 heterocycles. The molecule has 1 amide bonds. The molecule has 0 saturated heterocycles. The van der Waals surface area contributed by atoms with Crippen LogP contribution in [0.5, 0.6) is 0 Å². The van der Waals surface area contributed by atoms with Crippen molar-refractivity contribution < 1.29 is 9.72 Å². The van der Waals surface area contributed by atoms with E-state index in [4.69, 9.17) is 0 Å². The van der Waals surface area contributed by atoms with Crippen LogP contribution >= 0.6 is 11.8 Å². The predicted octanol–water partition coefficient (Wildman–Crippen LogP) is 3.47. The second-order valence-electron chi connectivity index (χ2n) is 5.58. The number of nitro benzene ring substituents is 1. The van der Waals surface area contributed by atoms with Gasteiger partial charge < -0.3 is 4.90 Å². The van der Waals surface area contributed by atoms with E-state index in [1.54, 1.807) is 12.1 Å². The molecule has 2 rings (SSSR count). The van der Waals surface area contributed by atoms with Crippen LogP contribution in [0.1, 0.15) is 33.6 Å². The van der Waals surface area contributed by atoms with Crippen molar-refractivity contribution in [3.63, 3.8) is 0 Å². The topological polar surface area (TPSA) is 63.5 Å². The highest BCUT2D eigenvalue weighted by Gasteiger charge is 2.36. The van der Waals surface area contributed by atoms with Crippen molar-refractivity contribution in [2.75, 3.05) is 0 Å². The summed E-state index contributed by atoms with van der Waals surface area (Å²) in [5.74, 6) is 0.149. The van der Waals surface area contributed by atoms with Crippen molar-refractivity contribution in [2.45, 2.75) is 55.8 Å². The summed E-state index contributed by atoms with van der Waals surface area (Å²) in [7, 11) is 0. The van der Waals surface area contributed by atoms with Gasteiger partial charge in [-0.2, -0.15) is 0 Å². The molecule has 1 aromatic rings. The van der Waals surface area contributed by atoms with Gasteiger partial charge in [0.25, 0.3) is 5.69 Å². The monoisotopic (exact) mass is 308 g/mol. The zero-order chi connectivity index (χ0) is 15.6. The molecular weight excluding hydrogens is 288 g/mol. The molecule has 0 aliphatic heterocycles. The summed E-state index contributed by atoms with van der Waals surface area (Å²) in [6.07, 6.45) is 2.19. The zero-order valence-electron chi connectivity index (χ0n) is 12.5. The zero-order valence-corrected chi connectivity index (χ0v) is 13.3. The second-order valence-corrected chi connectivity index (χ2v) is 7.00. The number of non-ortho nitro benzene ring substituents is 1. The van der Waals surface area contributed by atoms with E-state index in [0.717, 1.165) is 17.7 Å². The molecule has 1 fully saturated rings. The number of nitro groups is 1. The van der Waals surface area contributed by atoms with Crippen LogP contribution in [0, 0.1) is 10.1 Å². The van der Waals surface area contributed by atoms with Crippen LogP contribution in [0.2, 0.25) is 0 Å². The van der Waals surface area contributed by atoms with Crippen LogP contribution in [0.25, 0.3) is 0 Å². The number of hydrogen-bond donors (Lipinski definition) is 0. The van der Waals surface area contributed by atoms with Gasteiger partial charge >= 0.3 is 0 Å². The van der Waals surface area contributed by atoms with Gasteiger partial charge in [0.05, 0.1) is 10.2 Å². The van der Waals surface area contributed by atoms with Crippen molar-refractivity contribution in [3.8, 4) is 0 Å². The van der Waals surface area contributed by atoms with Gasteiger partial charge in [0, 0.05) is 29.1 Å². The lowest BCUT2D eigenvalue weighted by molar-refractivity contribution is -0.384. The molecule has 5 nitrogen and oxygen atoms in total. The van der Waals surface area contributed by atoms with E-state index in [1.807, 2.05) is 25.7 Å². The minimum atomic E-state index is -0.420. The van der Waals surface area contributed by atoms with Crippen LogP contribution in [0.3, 0.4) is 0 Å². The van der Waals surface area contributed by atoms with Gasteiger partial charge in [-0.25, -0.2) is 0 Å². The minimum absolute atomic E-state index is 0.0696. The van der Waals surface area contributed by atoms with Crippen molar-refractivity contribution >= 4 is 23.4 Å². The lowest BCUT2D eigenvalue weighted by Gasteiger charge is -2.29. The van der Waals surface area contributed by atoms with E-state index in [2.05, 4.69) is 0 Å². The molecule has 1 aliphatic carbocycles. The lowest BCUT2D eigenvalue weighted by atomic mass is 10.2. The minimum Gasteiger partial charge on any atom is -0.336 e. The first kappa shape index (κ1) is 15.8. The highest BCUT2D eigenvalue weighted by molar-refractivity contribution is 8.00. The van der Waals surface area contributed by atoms with Gasteiger partial charge in [-0.3, -0.25) is 14.9 Å². The summed E-state index contributed by atoms with van der Waals surface area (Å²) in [6, 6.07) is 6.95. The molecule has 0 radical (unpaired) electrons. The Labute approximate surface area is 128 Å². The van der Waals surface area contributed by atoms with Crippen molar-refractivity contribution in [2.24, 2.45) is 0 Å². The van der Waals surface area contributed by atoms with Gasteiger partial charge in [0.1, 0.15) is 0 Å². The van der Waals surface area contributed by atoms with Gasteiger partial charge in [-0.15, -0.1) is 11.8 Å². The van der Waals surface area contributed by atoms with E-state index in [0.29, 0.717) is 6.04 Å². The normalized spacial score (nSPS) is 15.8. The third-order valence-corrected chi connectivity index (χ3v) is 4.56. The van der Waals surface area contributed by atoms with Crippen LogP contribution < -0.4 is 0 Å². The van der Waals surface area contributed by atoms with E-state index in [1.165, 1.54) is 23.9 Å². The van der Waals surface area contributed by atoms with Gasteiger partial charge in [-0.05, 0) is 45.7 Å². The fourth-order valence-electron chi connectivity index (χ4n) is 2.32. The second kappa shape index (κ2) is 6.47. The van der Waals surface area contributed by atoms with Crippen molar-refractivity contribution in [1.82, 2.24) is 4.90 Å². The Hall–Kier alpha value is -1.56. The van der Waals surface area contributed by atoms with Gasteiger partial charge in [-0.1, -0.05) is 0 Å². The van der Waals surface area contributed by atoms with Crippen LogP contribution in [0.4, 0.5) is 5.69 Å². The third-order valence-electron chi connectivity index (χ3n) is 3.46. The number of rotatable bonds is 6. The summed E-state index contributed by atoms with van der Waals surface area (Å²) < 4.78 is 0. The maximum Gasteiger partial charge on any atom is 0.269 e. The Morgan fingerprint density at radius 1 is 1.29 bits per heavy atom. The smallest absolute Gasteiger partial charge is 0.269 e. The summed E-state index contributed by atoms with van der Waals surface area (Å²) in [5.41, 5.74) is 0.0696. The molecule has 1 saturated carbocycles. The van der Waals surface area contributed by atoms with E-state index < -0.39 is 4.92 Å². The molecule has 0 bridgehead atoms. The Morgan fingerprint density at radius 2 is 1.86 bits per heavy atom. The molecule has 1 aromatic carbocycles. The Balaban J connectivity index is 2.01. The molecule has 0 N–H and O–H groups in total. The first-order chi connectivity index (χ1) is 9.90. The number of carbonyl (C=O) groups is 1. The molecule has 0 aromatic heterocycles. The number of hydrogen-bond acceptors (Lipinski definition) is 4. The maximum atomic E-state index is 12.5. The highest BCUT2D eigenvalue weighted by Crippen LogP contribution is 2.32. The quantitative estimate of drug-likeness (QED) is 0.458. The molecule has 114 valence electrons. The molecular formula is C15H20N2O3S. The van der Waals surface area contributed by atoms with Gasteiger partial charge in [0.2, 0.25) is 5.91 Å². The van der Waals surface area contributed by atoms with E-state index in [-0.39, 0.29) is 22.9 Å². The fourth-order valence-corrected chi connectivity index (χ4v) is 3.24. The van der Waals surface area contributed by atoms with E-state index in [9.17, 15) is 14.9 Å². The number of thioether (sulfide) groups is 1. The largest absolute Gasteiger partial charge is 0.336 e. The molecule has 1 aliphatic rings. The number of nitrogens with zero attached hydrogens (tertiary/aromatic N) is 2. The molecule has 6 heteroatoms. The predicted molar refractivity (Wildman–Crippen MR) is 83.4 cm³/mol. The van der Waals surface area contributed by atoms with Gasteiger partial charge in [0.15, 0.2) is 0 Å². The standard InChI is InChI=1S/C15H20N2O3S/c1-10(2)16(12-4-5-12)15(18)11(3)21-14-8-6-13(7-9-14)17(19)20/h6-12H,4-5H2,1-3H3. The number of carbonyl (C=O) groups excluding carboxylic acids is 1. The van der Waals surface area contributed by atoms with Crippen LogP contribution in [-0.2, 0) is 4.79 Å². The van der Waals surface area contributed by atoms with Crippen molar-refractivity contribution in [3.05, 3.63) is 34.4 Å². The molecule has 1 atom stereocenters. The first-order valence-electron chi connectivity index (χ1n) is 7.13. The highest BCUT2D eigenvalue weighted by atomic mass is 32.2. The summed E-state index contributed by atoms with van der Waals surface area (Å²) >= 11 is 1.45. The molecule has 0 spiro atoms. The molecule has 1 unspecified atom stereocenters. The molecule has 21 heavy (non-hydrogen) atoms. The SMILES string of the molecule is CC(Sc1ccc([N+](=O)[O-])cc1)C(=O)N(C(C)C)C1CC1. The Morgan fingerprint density at radius 3 is 2.29 bits per heavy atom. The average Bonchev–Trinajstić information content (AvgIpc) is 3.23. The van der Waals surface area contributed by atoms with Crippen molar-refractivity contribution in [1.29, 1.82) is 0 Å². The Bertz CT molecular complexity index is 524. The third kappa shape index (κ3) is 3.97. The Kier molecular flexibility index (Phi) is 4.88. The van der Waals surface area contributed by atoms with Crippen LogP contribution in [-0.4, -0.2) is 33.1 Å².